The van der Waals surface area contributed by atoms with Crippen LogP contribution in [0.4, 0.5) is 5.82 Å². The Morgan fingerprint density at radius 2 is 1.91 bits per heavy atom. The normalized spacial score (nSPS) is 15.1. The number of likely N-dealkylation sites (tertiary alicyclic amines) is 1. The largest absolute Gasteiger partial charge is 0.367 e. The van der Waals surface area contributed by atoms with E-state index in [1.165, 1.54) is 0 Å². The highest BCUT2D eigenvalue weighted by atomic mass is 16.1. The lowest BCUT2D eigenvalue weighted by molar-refractivity contribution is 0.0991. The summed E-state index contributed by atoms with van der Waals surface area (Å²) in [4.78, 5) is 28.8. The minimum Gasteiger partial charge on any atom is -0.367 e. The van der Waals surface area contributed by atoms with Crippen molar-refractivity contribution in [1.29, 1.82) is 0 Å². The van der Waals surface area contributed by atoms with E-state index in [0.29, 0.717) is 17.4 Å². The summed E-state index contributed by atoms with van der Waals surface area (Å²) in [6, 6.07) is 10.0. The Morgan fingerprint density at radius 1 is 1.06 bits per heavy atom. The maximum Gasteiger partial charge on any atom is 0.170 e. The monoisotopic (exact) mass is 441 g/mol. The molecule has 5 rings (SSSR count). The number of aromatic nitrogens is 5. The molecule has 0 radical (unpaired) electrons. The summed E-state index contributed by atoms with van der Waals surface area (Å²) in [5, 5.41) is 8.66. The van der Waals surface area contributed by atoms with Crippen molar-refractivity contribution in [2.75, 3.05) is 25.5 Å². The number of anilines is 1. The molecule has 0 unspecified atom stereocenters. The Bertz CT molecular complexity index is 1290. The molecule has 4 heterocycles. The number of rotatable bonds is 6. The van der Waals surface area contributed by atoms with E-state index in [0.717, 1.165) is 53.8 Å². The predicted octanol–water partition coefficient (Wildman–Crippen LogP) is 3.36. The number of nitrogens with one attached hydrogen (secondary N) is 1. The molecule has 3 aromatic heterocycles. The number of carbonyl (C=O) groups is 1. The molecule has 8 nitrogen and oxygen atoms in total. The van der Waals surface area contributed by atoms with Gasteiger partial charge in [-0.15, -0.1) is 0 Å². The number of pyridine rings is 1. The number of carbonyl (C=O) groups excluding carboxylic acids is 1. The number of nitrogens with zero attached hydrogens (tertiary/aromatic N) is 6. The molecule has 0 aliphatic carbocycles. The second-order valence-corrected chi connectivity index (χ2v) is 8.71. The Hall–Kier alpha value is -3.65. The number of hydrogen-bond acceptors (Lipinski definition) is 7. The Balaban J connectivity index is 1.31. The van der Waals surface area contributed by atoms with E-state index >= 15 is 0 Å². The summed E-state index contributed by atoms with van der Waals surface area (Å²) in [6.07, 6.45) is 9.54. The lowest BCUT2D eigenvalue weighted by atomic mass is 10.1. The van der Waals surface area contributed by atoms with Crippen LogP contribution in [-0.2, 0) is 13.5 Å². The zero-order valence-electron chi connectivity index (χ0n) is 18.9. The zero-order chi connectivity index (χ0) is 22.8. The van der Waals surface area contributed by atoms with Gasteiger partial charge in [-0.25, -0.2) is 15.0 Å². The van der Waals surface area contributed by atoms with Gasteiger partial charge in [0.1, 0.15) is 11.6 Å². The third-order valence-corrected chi connectivity index (χ3v) is 6.14. The summed E-state index contributed by atoms with van der Waals surface area (Å²) in [5.41, 5.74) is 3.49. The van der Waals surface area contributed by atoms with Crippen LogP contribution in [0, 0.1) is 0 Å². The Kier molecular flexibility index (Phi) is 5.83. The van der Waals surface area contributed by atoms with E-state index in [4.69, 9.17) is 0 Å². The highest BCUT2D eigenvalue weighted by molar-refractivity contribution is 5.97. The smallest absolute Gasteiger partial charge is 0.170 e. The number of fused-ring (bicyclic) bond motifs is 1. The second-order valence-electron chi connectivity index (χ2n) is 8.71. The first-order valence-electron chi connectivity index (χ1n) is 11.2. The van der Waals surface area contributed by atoms with Gasteiger partial charge in [-0.05, 0) is 56.7 Å². The van der Waals surface area contributed by atoms with E-state index in [1.807, 2.05) is 43.7 Å². The highest BCUT2D eigenvalue weighted by Crippen LogP contribution is 2.23. The average Bonchev–Trinajstić information content (AvgIpc) is 3.26. The van der Waals surface area contributed by atoms with Crippen molar-refractivity contribution in [3.63, 3.8) is 0 Å². The molecule has 1 aromatic carbocycles. The number of hydrogen-bond donors (Lipinski definition) is 1. The van der Waals surface area contributed by atoms with E-state index in [1.54, 1.807) is 23.1 Å². The summed E-state index contributed by atoms with van der Waals surface area (Å²) in [6.45, 7) is 2.14. The number of piperidine rings is 1. The van der Waals surface area contributed by atoms with E-state index < -0.39 is 0 Å². The highest BCUT2D eigenvalue weighted by Gasteiger charge is 2.17. The van der Waals surface area contributed by atoms with Gasteiger partial charge in [-0.1, -0.05) is 12.1 Å². The van der Waals surface area contributed by atoms with Crippen molar-refractivity contribution in [1.82, 2.24) is 29.6 Å². The molecular formula is C25H27N7O. The Morgan fingerprint density at radius 3 is 2.70 bits per heavy atom. The summed E-state index contributed by atoms with van der Waals surface area (Å²) < 4.78 is 1.77. The molecule has 1 fully saturated rings. The SMILES string of the molecule is CN1CCC(Nc2cc(C(=O)Cc3ncc4ccc(-c5cnn(C)c5)cc4n3)ccn2)CC1. The maximum absolute atomic E-state index is 13.0. The van der Waals surface area contributed by atoms with Crippen molar-refractivity contribution < 1.29 is 4.79 Å². The Labute approximate surface area is 192 Å². The maximum atomic E-state index is 13.0. The topological polar surface area (TPSA) is 88.8 Å². The fourth-order valence-electron chi connectivity index (χ4n) is 4.19. The molecule has 1 N–H and O–H groups in total. The molecule has 1 aliphatic rings. The molecule has 0 saturated carbocycles. The summed E-state index contributed by atoms with van der Waals surface area (Å²) in [5.74, 6) is 1.24. The van der Waals surface area contributed by atoms with Crippen LogP contribution < -0.4 is 5.32 Å². The number of aryl methyl sites for hydroxylation is 1. The van der Waals surface area contributed by atoms with Crippen molar-refractivity contribution in [3.05, 3.63) is 66.5 Å². The van der Waals surface area contributed by atoms with E-state index in [9.17, 15) is 4.79 Å². The quantitative estimate of drug-likeness (QED) is 0.459. The van der Waals surface area contributed by atoms with Gasteiger partial charge in [-0.2, -0.15) is 5.10 Å². The second kappa shape index (κ2) is 9.07. The van der Waals surface area contributed by atoms with Crippen LogP contribution in [-0.4, -0.2) is 61.6 Å². The van der Waals surface area contributed by atoms with Gasteiger partial charge in [0.05, 0.1) is 18.1 Å². The third kappa shape index (κ3) is 4.90. The van der Waals surface area contributed by atoms with Gasteiger partial charge in [0.2, 0.25) is 0 Å². The van der Waals surface area contributed by atoms with Gasteiger partial charge >= 0.3 is 0 Å². The number of benzene rings is 1. The van der Waals surface area contributed by atoms with E-state index in [2.05, 4.69) is 37.3 Å². The van der Waals surface area contributed by atoms with Crippen molar-refractivity contribution in [3.8, 4) is 11.1 Å². The average molecular weight is 442 g/mol. The van der Waals surface area contributed by atoms with Crippen molar-refractivity contribution >= 4 is 22.5 Å². The molecule has 4 aromatic rings. The molecule has 8 heteroatoms. The summed E-state index contributed by atoms with van der Waals surface area (Å²) in [7, 11) is 4.03. The molecular weight excluding hydrogens is 414 g/mol. The molecule has 0 atom stereocenters. The first-order chi connectivity index (χ1) is 16.0. The predicted molar refractivity (Wildman–Crippen MR) is 128 cm³/mol. The van der Waals surface area contributed by atoms with Crippen molar-refractivity contribution in [2.45, 2.75) is 25.3 Å². The number of Topliss-reactive ketones (excluding diaryl/α,β-unsaturated/α-hetero) is 1. The first-order valence-corrected chi connectivity index (χ1v) is 11.2. The summed E-state index contributed by atoms with van der Waals surface area (Å²) >= 11 is 0. The molecule has 0 spiro atoms. The van der Waals surface area contributed by atoms with Crippen LogP contribution in [0.3, 0.4) is 0 Å². The molecule has 168 valence electrons. The van der Waals surface area contributed by atoms with Crippen LogP contribution in [0.15, 0.2) is 55.1 Å². The van der Waals surface area contributed by atoms with E-state index in [-0.39, 0.29) is 12.2 Å². The van der Waals surface area contributed by atoms with Gasteiger partial charge in [0.15, 0.2) is 5.78 Å². The molecule has 0 bridgehead atoms. The standard InChI is InChI=1S/C25H27N7O/c1-31-9-6-21(7-10-31)29-24-12-18(5-8-26-24)23(33)13-25-27-14-19-4-3-17(11-22(19)30-25)20-15-28-32(2)16-20/h3-5,8,11-12,14-16,21H,6-7,9-10,13H2,1-2H3,(H,26,29). The van der Waals surface area contributed by atoms with Crippen LogP contribution in [0.25, 0.3) is 22.0 Å². The van der Waals surface area contributed by atoms with Crippen molar-refractivity contribution in [2.24, 2.45) is 7.05 Å². The molecule has 1 saturated heterocycles. The van der Waals surface area contributed by atoms with Crippen LogP contribution in [0.1, 0.15) is 29.0 Å². The number of ketones is 1. The lowest BCUT2D eigenvalue weighted by Crippen LogP contribution is -2.36. The lowest BCUT2D eigenvalue weighted by Gasteiger charge is -2.29. The molecule has 33 heavy (non-hydrogen) atoms. The van der Waals surface area contributed by atoms with Crippen LogP contribution in [0.2, 0.25) is 0 Å². The minimum atomic E-state index is -0.0217. The zero-order valence-corrected chi connectivity index (χ0v) is 18.9. The van der Waals surface area contributed by atoms with Crippen LogP contribution in [0.5, 0.6) is 0 Å². The minimum absolute atomic E-state index is 0.0217. The van der Waals surface area contributed by atoms with Gasteiger partial charge in [0, 0.05) is 48.2 Å². The van der Waals surface area contributed by atoms with Crippen LogP contribution >= 0.6 is 0 Å². The fraction of sp³-hybridized carbons (Fsp3) is 0.320. The first kappa shape index (κ1) is 21.2. The van der Waals surface area contributed by atoms with Gasteiger partial charge in [-0.3, -0.25) is 9.48 Å². The molecule has 1 aliphatic heterocycles. The molecule has 0 amide bonds. The van der Waals surface area contributed by atoms with Gasteiger partial charge < -0.3 is 10.2 Å². The fourth-order valence-corrected chi connectivity index (χ4v) is 4.19. The third-order valence-electron chi connectivity index (χ3n) is 6.14. The van der Waals surface area contributed by atoms with Gasteiger partial charge in [0.25, 0.3) is 0 Å².